The Morgan fingerprint density at radius 3 is 2.52 bits per heavy atom. The van der Waals surface area contributed by atoms with Crippen molar-refractivity contribution in [2.24, 2.45) is 0 Å². The third kappa shape index (κ3) is 5.57. The molecule has 0 radical (unpaired) electrons. The van der Waals surface area contributed by atoms with Crippen LogP contribution in [0.2, 0.25) is 0 Å². The van der Waals surface area contributed by atoms with Crippen LogP contribution < -0.4 is 15.4 Å². The first-order chi connectivity index (χ1) is 12.0. The fraction of sp³-hybridized carbons (Fsp3) is 0.125. The van der Waals surface area contributed by atoms with E-state index in [0.717, 1.165) is 6.20 Å². The number of halogens is 1. The standard InChI is InChI=1S/C16H14BrN3O5/c17-11-5-1-2-6-12(11)19-14(21)9-18-15(22)10-25-16(23)13-7-3-4-8-20(13)24/h1-8H,9-10H2,(H,18,22)(H,19,21). The van der Waals surface area contributed by atoms with Crippen molar-refractivity contribution < 1.29 is 23.9 Å². The van der Waals surface area contributed by atoms with Crippen molar-refractivity contribution in [1.82, 2.24) is 5.32 Å². The molecular weight excluding hydrogens is 394 g/mol. The number of hydrogen-bond donors (Lipinski definition) is 2. The molecule has 25 heavy (non-hydrogen) atoms. The predicted octanol–water partition coefficient (Wildman–Crippen LogP) is 0.994. The van der Waals surface area contributed by atoms with Crippen molar-refractivity contribution in [1.29, 1.82) is 0 Å². The van der Waals surface area contributed by atoms with E-state index in [1.54, 1.807) is 24.3 Å². The molecule has 0 aliphatic carbocycles. The van der Waals surface area contributed by atoms with Crippen LogP contribution in [-0.2, 0) is 14.3 Å². The van der Waals surface area contributed by atoms with Crippen LogP contribution in [0.3, 0.4) is 0 Å². The first-order valence-corrected chi connectivity index (χ1v) is 7.93. The smallest absolute Gasteiger partial charge is 0.405 e. The van der Waals surface area contributed by atoms with E-state index in [1.165, 1.54) is 18.2 Å². The summed E-state index contributed by atoms with van der Waals surface area (Å²) in [6.45, 7) is -0.888. The molecule has 2 aromatic rings. The summed E-state index contributed by atoms with van der Waals surface area (Å²) in [6.07, 6.45) is 1.14. The number of amides is 2. The van der Waals surface area contributed by atoms with Crippen LogP contribution in [0, 0.1) is 5.21 Å². The van der Waals surface area contributed by atoms with Gasteiger partial charge in [0, 0.05) is 16.6 Å². The molecule has 8 nitrogen and oxygen atoms in total. The monoisotopic (exact) mass is 407 g/mol. The van der Waals surface area contributed by atoms with Gasteiger partial charge in [0.1, 0.15) is 0 Å². The Labute approximate surface area is 151 Å². The van der Waals surface area contributed by atoms with E-state index in [-0.39, 0.29) is 12.2 Å². The Morgan fingerprint density at radius 1 is 1.08 bits per heavy atom. The molecule has 1 aromatic heterocycles. The average Bonchev–Trinajstić information content (AvgIpc) is 2.60. The van der Waals surface area contributed by atoms with Crippen LogP contribution in [-0.4, -0.2) is 30.9 Å². The lowest BCUT2D eigenvalue weighted by atomic mass is 10.3. The molecule has 0 spiro atoms. The van der Waals surface area contributed by atoms with Gasteiger partial charge in [-0.1, -0.05) is 12.1 Å². The molecule has 0 saturated carbocycles. The van der Waals surface area contributed by atoms with Crippen molar-refractivity contribution in [2.75, 3.05) is 18.5 Å². The highest BCUT2D eigenvalue weighted by Gasteiger charge is 2.18. The zero-order chi connectivity index (χ0) is 18.2. The van der Waals surface area contributed by atoms with Gasteiger partial charge in [0.2, 0.25) is 5.91 Å². The molecule has 0 atom stereocenters. The highest BCUT2D eigenvalue weighted by atomic mass is 79.9. The van der Waals surface area contributed by atoms with E-state index in [1.807, 2.05) is 0 Å². The minimum Gasteiger partial charge on any atom is -0.618 e. The second-order valence-electron chi connectivity index (χ2n) is 4.79. The molecule has 0 saturated heterocycles. The van der Waals surface area contributed by atoms with Crippen LogP contribution in [0.4, 0.5) is 5.69 Å². The highest BCUT2D eigenvalue weighted by molar-refractivity contribution is 9.10. The number of nitrogens with one attached hydrogen (secondary N) is 2. The number of carbonyl (C=O) groups excluding carboxylic acids is 3. The van der Waals surface area contributed by atoms with Crippen molar-refractivity contribution >= 4 is 39.4 Å². The quantitative estimate of drug-likeness (QED) is 0.421. The number of anilines is 1. The Bertz CT molecular complexity index is 797. The van der Waals surface area contributed by atoms with Gasteiger partial charge in [-0.15, -0.1) is 0 Å². The fourth-order valence-electron chi connectivity index (χ4n) is 1.78. The van der Waals surface area contributed by atoms with Gasteiger partial charge in [0.05, 0.1) is 12.2 Å². The molecule has 2 rings (SSSR count). The number of carbonyl (C=O) groups is 3. The molecular formula is C16H14BrN3O5. The minimum atomic E-state index is -0.927. The lowest BCUT2D eigenvalue weighted by Crippen LogP contribution is -2.38. The number of pyridine rings is 1. The zero-order valence-electron chi connectivity index (χ0n) is 12.9. The summed E-state index contributed by atoms with van der Waals surface area (Å²) in [5.41, 5.74) is 0.333. The summed E-state index contributed by atoms with van der Waals surface area (Å²) in [5.74, 6) is -2.03. The normalized spacial score (nSPS) is 9.96. The van der Waals surface area contributed by atoms with Gasteiger partial charge in [0.25, 0.3) is 5.91 Å². The molecule has 2 amide bonds. The van der Waals surface area contributed by atoms with Gasteiger partial charge in [-0.05, 0) is 34.1 Å². The average molecular weight is 408 g/mol. The number of nitrogens with zero attached hydrogens (tertiary/aromatic N) is 1. The minimum absolute atomic E-state index is 0.234. The summed E-state index contributed by atoms with van der Waals surface area (Å²) in [7, 11) is 0. The van der Waals surface area contributed by atoms with E-state index in [0.29, 0.717) is 14.9 Å². The maximum Gasteiger partial charge on any atom is 0.405 e. The van der Waals surface area contributed by atoms with Gasteiger partial charge in [-0.25, -0.2) is 4.79 Å². The first-order valence-electron chi connectivity index (χ1n) is 7.14. The largest absolute Gasteiger partial charge is 0.618 e. The van der Waals surface area contributed by atoms with Gasteiger partial charge >= 0.3 is 11.7 Å². The van der Waals surface area contributed by atoms with Crippen molar-refractivity contribution in [3.63, 3.8) is 0 Å². The molecule has 130 valence electrons. The predicted molar refractivity (Wildman–Crippen MR) is 91.5 cm³/mol. The number of rotatable bonds is 6. The van der Waals surface area contributed by atoms with Crippen LogP contribution in [0.5, 0.6) is 0 Å². The van der Waals surface area contributed by atoms with Crippen LogP contribution in [0.25, 0.3) is 0 Å². The summed E-state index contributed by atoms with van der Waals surface area (Å²) in [5, 5.41) is 16.3. The maximum absolute atomic E-state index is 11.8. The molecule has 9 heteroatoms. The third-order valence-corrected chi connectivity index (χ3v) is 3.65. The Hall–Kier alpha value is -2.94. The number of para-hydroxylation sites is 1. The summed E-state index contributed by atoms with van der Waals surface area (Å²) in [6, 6.07) is 11.2. The second kappa shape index (κ2) is 8.78. The van der Waals surface area contributed by atoms with E-state index in [9.17, 15) is 19.6 Å². The van der Waals surface area contributed by atoms with E-state index < -0.39 is 24.4 Å². The van der Waals surface area contributed by atoms with Crippen LogP contribution in [0.15, 0.2) is 53.1 Å². The molecule has 1 aromatic carbocycles. The fourth-order valence-corrected chi connectivity index (χ4v) is 2.16. The summed E-state index contributed by atoms with van der Waals surface area (Å²) >= 11 is 3.29. The summed E-state index contributed by atoms with van der Waals surface area (Å²) in [4.78, 5) is 35.1. The molecule has 1 heterocycles. The van der Waals surface area contributed by atoms with Crippen molar-refractivity contribution in [3.05, 3.63) is 64.0 Å². The SMILES string of the molecule is O=C(COC(=O)c1cccc[n+]1[O-])NCC(=O)Nc1ccccc1Br. The number of aromatic nitrogens is 1. The van der Waals surface area contributed by atoms with Crippen molar-refractivity contribution in [3.8, 4) is 0 Å². The van der Waals surface area contributed by atoms with Crippen LogP contribution in [0.1, 0.15) is 10.5 Å². The molecule has 2 N–H and O–H groups in total. The number of esters is 1. The van der Waals surface area contributed by atoms with Gasteiger partial charge in [0.15, 0.2) is 12.8 Å². The Kier molecular flexibility index (Phi) is 6.47. The van der Waals surface area contributed by atoms with Crippen molar-refractivity contribution in [2.45, 2.75) is 0 Å². The number of hydrogen-bond acceptors (Lipinski definition) is 5. The van der Waals surface area contributed by atoms with Crippen LogP contribution >= 0.6 is 15.9 Å². The maximum atomic E-state index is 11.8. The van der Waals surface area contributed by atoms with E-state index in [4.69, 9.17) is 4.74 Å². The van der Waals surface area contributed by atoms with E-state index in [2.05, 4.69) is 26.6 Å². The summed E-state index contributed by atoms with van der Waals surface area (Å²) < 4.78 is 5.77. The molecule has 0 aliphatic rings. The zero-order valence-corrected chi connectivity index (χ0v) is 14.5. The molecule has 0 bridgehead atoms. The molecule has 0 aliphatic heterocycles. The van der Waals surface area contributed by atoms with E-state index >= 15 is 0 Å². The second-order valence-corrected chi connectivity index (χ2v) is 5.65. The van der Waals surface area contributed by atoms with Gasteiger partial charge < -0.3 is 20.6 Å². The topological polar surface area (TPSA) is 111 Å². The number of benzene rings is 1. The lowest BCUT2D eigenvalue weighted by molar-refractivity contribution is -0.608. The number of ether oxygens (including phenoxy) is 1. The Balaban J connectivity index is 1.75. The first kappa shape index (κ1) is 18.4. The lowest BCUT2D eigenvalue weighted by Gasteiger charge is -2.08. The third-order valence-electron chi connectivity index (χ3n) is 2.96. The molecule has 0 unspecified atom stereocenters. The van der Waals surface area contributed by atoms with Gasteiger partial charge in [-0.2, -0.15) is 4.73 Å². The van der Waals surface area contributed by atoms with Gasteiger partial charge in [-0.3, -0.25) is 9.59 Å². The highest BCUT2D eigenvalue weighted by Crippen LogP contribution is 2.20. The molecule has 0 fully saturated rings. The Morgan fingerprint density at radius 2 is 1.80 bits per heavy atom.